The maximum Gasteiger partial charge on any atom is 0.120 e. The molecule has 26 heavy (non-hydrogen) atoms. The van der Waals surface area contributed by atoms with Crippen molar-refractivity contribution in [3.05, 3.63) is 29.8 Å². The number of benzene rings is 1. The van der Waals surface area contributed by atoms with E-state index in [0.29, 0.717) is 11.5 Å². The fraction of sp³-hybridized carbons (Fsp3) is 0.750. The minimum Gasteiger partial charge on any atom is -0.488 e. The van der Waals surface area contributed by atoms with Gasteiger partial charge in [0.05, 0.1) is 0 Å². The van der Waals surface area contributed by atoms with Crippen molar-refractivity contribution in [2.75, 3.05) is 0 Å². The monoisotopic (exact) mass is 357 g/mol. The molecule has 0 aliphatic heterocycles. The molecule has 0 heterocycles. The van der Waals surface area contributed by atoms with Crippen molar-refractivity contribution in [3.63, 3.8) is 0 Å². The molecule has 146 valence electrons. The van der Waals surface area contributed by atoms with Gasteiger partial charge >= 0.3 is 0 Å². The summed E-state index contributed by atoms with van der Waals surface area (Å²) >= 11 is 0. The van der Waals surface area contributed by atoms with Crippen LogP contribution in [0.25, 0.3) is 0 Å². The van der Waals surface area contributed by atoms with E-state index in [1.54, 1.807) is 0 Å². The van der Waals surface area contributed by atoms with Crippen LogP contribution >= 0.6 is 0 Å². The summed E-state index contributed by atoms with van der Waals surface area (Å²) in [5.41, 5.74) is 1.76. The molecule has 4 atom stereocenters. The normalized spacial score (nSPS) is 31.3. The van der Waals surface area contributed by atoms with Crippen molar-refractivity contribution in [3.8, 4) is 5.75 Å². The van der Waals surface area contributed by atoms with Crippen LogP contribution in [0.15, 0.2) is 24.3 Å². The Morgan fingerprint density at radius 3 is 2.42 bits per heavy atom. The lowest BCUT2D eigenvalue weighted by Gasteiger charge is -2.51. The van der Waals surface area contributed by atoms with Crippen molar-refractivity contribution in [2.24, 2.45) is 23.2 Å². The van der Waals surface area contributed by atoms with Gasteiger partial charge in [0.25, 0.3) is 0 Å². The van der Waals surface area contributed by atoms with E-state index >= 15 is 0 Å². The van der Waals surface area contributed by atoms with Gasteiger partial charge in [-0.3, -0.25) is 0 Å². The maximum absolute atomic E-state index is 5.92. The van der Waals surface area contributed by atoms with Gasteiger partial charge < -0.3 is 10.1 Å². The molecule has 0 amide bonds. The summed E-state index contributed by atoms with van der Waals surface area (Å²) in [5, 5.41) is 3.85. The first-order valence-electron chi connectivity index (χ1n) is 10.7. The third kappa shape index (κ3) is 4.82. The molecule has 2 fully saturated rings. The van der Waals surface area contributed by atoms with Crippen molar-refractivity contribution in [1.29, 1.82) is 0 Å². The Kier molecular flexibility index (Phi) is 5.72. The molecular weight excluding hydrogens is 318 g/mol. The Morgan fingerprint density at radius 2 is 1.77 bits per heavy atom. The number of ether oxygens (including phenoxy) is 1. The highest BCUT2D eigenvalue weighted by Crippen LogP contribution is 2.52. The largest absolute Gasteiger partial charge is 0.488 e. The second-order valence-corrected chi connectivity index (χ2v) is 10.5. The molecule has 0 spiro atoms. The molecule has 2 heteroatoms. The SMILES string of the molecule is C[C@@H]1CCC(C)(C)[C@H]2CC[C@@H](NCc3ccc(OC(C)(C)C)cc3)CC12. The average molecular weight is 358 g/mol. The molecule has 1 aromatic carbocycles. The summed E-state index contributed by atoms with van der Waals surface area (Å²) < 4.78 is 5.92. The molecule has 2 aliphatic carbocycles. The van der Waals surface area contributed by atoms with Crippen LogP contribution in [-0.4, -0.2) is 11.6 Å². The molecule has 2 saturated carbocycles. The Balaban J connectivity index is 1.53. The van der Waals surface area contributed by atoms with Gasteiger partial charge in [0.2, 0.25) is 0 Å². The van der Waals surface area contributed by atoms with Crippen LogP contribution in [-0.2, 0) is 6.54 Å². The van der Waals surface area contributed by atoms with E-state index in [-0.39, 0.29) is 5.60 Å². The predicted octanol–water partition coefficient (Wildman–Crippen LogP) is 6.19. The quantitative estimate of drug-likeness (QED) is 0.693. The fourth-order valence-corrected chi connectivity index (χ4v) is 5.28. The molecule has 1 unspecified atom stereocenters. The molecular formula is C24H39NO. The standard InChI is InChI=1S/C24H39NO/c1-17-13-14-24(5,6)22-12-9-19(15-21(17)22)25-16-18-7-10-20(11-8-18)26-23(2,3)4/h7-8,10-11,17,19,21-22,25H,9,12-16H2,1-6H3/t17-,19-,21?,22+/m1/s1. The number of rotatable bonds is 4. The molecule has 3 rings (SSSR count). The zero-order chi connectivity index (χ0) is 18.9. The van der Waals surface area contributed by atoms with Crippen LogP contribution < -0.4 is 10.1 Å². The Morgan fingerprint density at radius 1 is 1.08 bits per heavy atom. The van der Waals surface area contributed by atoms with Crippen LogP contribution in [0.5, 0.6) is 5.75 Å². The summed E-state index contributed by atoms with van der Waals surface area (Å²) in [5.74, 6) is 3.69. The van der Waals surface area contributed by atoms with Gasteiger partial charge in [0.15, 0.2) is 0 Å². The van der Waals surface area contributed by atoms with Gasteiger partial charge in [0.1, 0.15) is 11.4 Å². The van der Waals surface area contributed by atoms with Gasteiger partial charge in [-0.25, -0.2) is 0 Å². The van der Waals surface area contributed by atoms with Crippen LogP contribution in [0, 0.1) is 23.2 Å². The maximum atomic E-state index is 5.92. The number of fused-ring (bicyclic) bond motifs is 1. The van der Waals surface area contributed by atoms with E-state index < -0.39 is 0 Å². The predicted molar refractivity (Wildman–Crippen MR) is 110 cm³/mol. The van der Waals surface area contributed by atoms with E-state index in [0.717, 1.165) is 30.0 Å². The van der Waals surface area contributed by atoms with Gasteiger partial charge in [-0.15, -0.1) is 0 Å². The smallest absolute Gasteiger partial charge is 0.120 e. The average Bonchev–Trinajstić information content (AvgIpc) is 2.56. The number of nitrogens with one attached hydrogen (secondary N) is 1. The molecule has 0 aromatic heterocycles. The van der Waals surface area contributed by atoms with Crippen LogP contribution in [0.3, 0.4) is 0 Å². The Hall–Kier alpha value is -1.02. The molecule has 1 N–H and O–H groups in total. The highest BCUT2D eigenvalue weighted by atomic mass is 16.5. The van der Waals surface area contributed by atoms with E-state index in [1.807, 2.05) is 0 Å². The van der Waals surface area contributed by atoms with Gasteiger partial charge in [0, 0.05) is 12.6 Å². The summed E-state index contributed by atoms with van der Waals surface area (Å²) in [7, 11) is 0. The van der Waals surface area contributed by atoms with Crippen molar-refractivity contribution in [2.45, 2.75) is 91.8 Å². The zero-order valence-electron chi connectivity index (χ0n) is 17.8. The molecule has 0 bridgehead atoms. The molecule has 0 radical (unpaired) electrons. The lowest BCUT2D eigenvalue weighted by atomic mass is 9.55. The van der Waals surface area contributed by atoms with Crippen LogP contribution in [0.2, 0.25) is 0 Å². The number of hydrogen-bond acceptors (Lipinski definition) is 2. The van der Waals surface area contributed by atoms with Gasteiger partial charge in [-0.2, -0.15) is 0 Å². The second kappa shape index (κ2) is 7.54. The minimum atomic E-state index is -0.136. The highest BCUT2D eigenvalue weighted by Gasteiger charge is 2.44. The molecule has 0 saturated heterocycles. The Bertz CT molecular complexity index is 583. The zero-order valence-corrected chi connectivity index (χ0v) is 17.8. The third-order valence-electron chi connectivity index (χ3n) is 6.82. The Labute approximate surface area is 161 Å². The third-order valence-corrected chi connectivity index (χ3v) is 6.82. The fourth-order valence-electron chi connectivity index (χ4n) is 5.28. The minimum absolute atomic E-state index is 0.136. The summed E-state index contributed by atoms with van der Waals surface area (Å²) in [6.45, 7) is 14.7. The number of hydrogen-bond donors (Lipinski definition) is 1. The van der Waals surface area contributed by atoms with Crippen LogP contribution in [0.1, 0.15) is 79.2 Å². The van der Waals surface area contributed by atoms with Crippen molar-refractivity contribution >= 4 is 0 Å². The lowest BCUT2D eigenvalue weighted by Crippen LogP contribution is -2.46. The van der Waals surface area contributed by atoms with E-state index in [1.165, 1.54) is 37.7 Å². The van der Waals surface area contributed by atoms with Gasteiger partial charge in [-0.05, 0) is 93.7 Å². The summed E-state index contributed by atoms with van der Waals surface area (Å²) in [6.07, 6.45) is 6.92. The van der Waals surface area contributed by atoms with Crippen molar-refractivity contribution < 1.29 is 4.74 Å². The first kappa shape index (κ1) is 19.7. The molecule has 1 aromatic rings. The van der Waals surface area contributed by atoms with Crippen molar-refractivity contribution in [1.82, 2.24) is 5.32 Å². The molecule has 2 aliphatic rings. The first-order valence-corrected chi connectivity index (χ1v) is 10.7. The van der Waals surface area contributed by atoms with E-state index in [4.69, 9.17) is 4.74 Å². The van der Waals surface area contributed by atoms with Crippen LogP contribution in [0.4, 0.5) is 0 Å². The highest BCUT2D eigenvalue weighted by molar-refractivity contribution is 5.27. The van der Waals surface area contributed by atoms with E-state index in [2.05, 4.69) is 71.1 Å². The molecule has 2 nitrogen and oxygen atoms in total. The second-order valence-electron chi connectivity index (χ2n) is 10.5. The van der Waals surface area contributed by atoms with E-state index in [9.17, 15) is 0 Å². The van der Waals surface area contributed by atoms with Gasteiger partial charge in [-0.1, -0.05) is 32.9 Å². The topological polar surface area (TPSA) is 21.3 Å². The summed E-state index contributed by atoms with van der Waals surface area (Å²) in [6, 6.07) is 9.28. The first-order chi connectivity index (χ1) is 12.1. The summed E-state index contributed by atoms with van der Waals surface area (Å²) in [4.78, 5) is 0. The lowest BCUT2D eigenvalue weighted by molar-refractivity contribution is -0.00567.